The Morgan fingerprint density at radius 1 is 1.00 bits per heavy atom. The Bertz CT molecular complexity index is 800. The summed E-state index contributed by atoms with van der Waals surface area (Å²) in [7, 11) is -3.32. The van der Waals surface area contributed by atoms with Gasteiger partial charge in [-0.2, -0.15) is 0 Å². The summed E-state index contributed by atoms with van der Waals surface area (Å²) in [5.74, 6) is -0.0510. The molecule has 0 aliphatic rings. The first-order valence-corrected chi connectivity index (χ1v) is 9.78. The van der Waals surface area contributed by atoms with E-state index in [9.17, 15) is 13.2 Å². The van der Waals surface area contributed by atoms with Gasteiger partial charge in [0.25, 0.3) is 0 Å². The van der Waals surface area contributed by atoms with E-state index in [0.717, 1.165) is 12.0 Å². The van der Waals surface area contributed by atoms with E-state index in [4.69, 9.17) is 5.73 Å². The molecule has 0 radical (unpaired) electrons. The van der Waals surface area contributed by atoms with Crippen LogP contribution in [0.4, 0.5) is 17.1 Å². The van der Waals surface area contributed by atoms with E-state index in [1.54, 1.807) is 36.4 Å². The Labute approximate surface area is 148 Å². The van der Waals surface area contributed by atoms with E-state index >= 15 is 0 Å². The predicted octanol–water partition coefficient (Wildman–Crippen LogP) is 2.99. The summed E-state index contributed by atoms with van der Waals surface area (Å²) in [6.45, 7) is 1.94. The molecule has 0 heterocycles. The van der Waals surface area contributed by atoms with Gasteiger partial charge in [0.1, 0.15) is 0 Å². The number of amides is 1. The molecule has 0 unspecified atom stereocenters. The molecular formula is C18H23N3O3S. The largest absolute Gasteiger partial charge is 0.399 e. The van der Waals surface area contributed by atoms with Gasteiger partial charge in [0, 0.05) is 17.1 Å². The van der Waals surface area contributed by atoms with Crippen LogP contribution in [-0.4, -0.2) is 20.1 Å². The van der Waals surface area contributed by atoms with Crippen molar-refractivity contribution in [3.05, 3.63) is 54.1 Å². The Morgan fingerprint density at radius 2 is 1.60 bits per heavy atom. The molecule has 0 spiro atoms. The molecule has 7 heteroatoms. The van der Waals surface area contributed by atoms with Gasteiger partial charge < -0.3 is 11.1 Å². The SMILES string of the molecule is CCCCS(=O)(=O)Nc1ccc(NC(=O)Cc2ccc(N)cc2)cc1. The number of unbranched alkanes of at least 4 members (excludes halogenated alkanes) is 1. The third kappa shape index (κ3) is 6.46. The Balaban J connectivity index is 1.91. The molecular weight excluding hydrogens is 338 g/mol. The third-order valence-corrected chi connectivity index (χ3v) is 4.93. The van der Waals surface area contributed by atoms with Crippen molar-refractivity contribution in [2.45, 2.75) is 26.2 Å². The van der Waals surface area contributed by atoms with Crippen LogP contribution in [-0.2, 0) is 21.2 Å². The van der Waals surface area contributed by atoms with Crippen LogP contribution >= 0.6 is 0 Å². The number of nitrogens with one attached hydrogen (secondary N) is 2. The number of hydrogen-bond donors (Lipinski definition) is 3. The smallest absolute Gasteiger partial charge is 0.232 e. The summed E-state index contributed by atoms with van der Waals surface area (Å²) in [6, 6.07) is 13.7. The highest BCUT2D eigenvalue weighted by molar-refractivity contribution is 7.92. The second kappa shape index (κ2) is 8.53. The highest BCUT2D eigenvalue weighted by Crippen LogP contribution is 2.16. The lowest BCUT2D eigenvalue weighted by molar-refractivity contribution is -0.115. The number of nitrogens with two attached hydrogens (primary N) is 1. The van der Waals surface area contributed by atoms with Gasteiger partial charge in [0.15, 0.2) is 0 Å². The Morgan fingerprint density at radius 3 is 2.20 bits per heavy atom. The number of hydrogen-bond acceptors (Lipinski definition) is 4. The van der Waals surface area contributed by atoms with E-state index in [0.29, 0.717) is 23.5 Å². The zero-order valence-corrected chi connectivity index (χ0v) is 15.0. The summed E-state index contributed by atoms with van der Waals surface area (Å²) in [4.78, 5) is 12.0. The van der Waals surface area contributed by atoms with E-state index in [2.05, 4.69) is 10.0 Å². The molecule has 0 bridgehead atoms. The Kier molecular flexibility index (Phi) is 6.41. The lowest BCUT2D eigenvalue weighted by atomic mass is 10.1. The number of carbonyl (C=O) groups excluding carboxylic acids is 1. The summed E-state index contributed by atoms with van der Waals surface area (Å²) < 4.78 is 26.2. The monoisotopic (exact) mass is 361 g/mol. The van der Waals surface area contributed by atoms with Crippen molar-refractivity contribution in [2.24, 2.45) is 0 Å². The second-order valence-corrected chi connectivity index (χ2v) is 7.66. The number of rotatable bonds is 8. The van der Waals surface area contributed by atoms with Gasteiger partial charge in [-0.25, -0.2) is 8.42 Å². The lowest BCUT2D eigenvalue weighted by Crippen LogP contribution is -2.17. The summed E-state index contributed by atoms with van der Waals surface area (Å²) in [5.41, 5.74) is 8.23. The number of sulfonamides is 1. The minimum Gasteiger partial charge on any atom is -0.399 e. The molecule has 2 aromatic carbocycles. The van der Waals surface area contributed by atoms with Crippen LogP contribution in [0.2, 0.25) is 0 Å². The molecule has 0 aliphatic heterocycles. The number of benzene rings is 2. The zero-order valence-electron chi connectivity index (χ0n) is 14.2. The number of nitrogen functional groups attached to an aromatic ring is 1. The summed E-state index contributed by atoms with van der Waals surface area (Å²) in [6.07, 6.45) is 1.68. The molecule has 25 heavy (non-hydrogen) atoms. The molecule has 4 N–H and O–H groups in total. The molecule has 0 aliphatic carbocycles. The van der Waals surface area contributed by atoms with Gasteiger partial charge in [0.05, 0.1) is 12.2 Å². The van der Waals surface area contributed by atoms with Crippen LogP contribution in [0.15, 0.2) is 48.5 Å². The van der Waals surface area contributed by atoms with Crippen molar-refractivity contribution in [1.82, 2.24) is 0 Å². The third-order valence-electron chi connectivity index (χ3n) is 3.55. The molecule has 0 saturated carbocycles. The normalized spacial score (nSPS) is 11.1. The minimum atomic E-state index is -3.32. The molecule has 0 aromatic heterocycles. The maximum atomic E-state index is 12.0. The van der Waals surface area contributed by atoms with Gasteiger partial charge in [-0.3, -0.25) is 9.52 Å². The highest BCUT2D eigenvalue weighted by atomic mass is 32.2. The van der Waals surface area contributed by atoms with Gasteiger partial charge >= 0.3 is 0 Å². The van der Waals surface area contributed by atoms with Gasteiger partial charge in [-0.15, -0.1) is 0 Å². The van der Waals surface area contributed by atoms with Crippen LogP contribution in [0, 0.1) is 0 Å². The standard InChI is InChI=1S/C18H23N3O3S/c1-2-3-12-25(23,24)21-17-10-8-16(9-11-17)20-18(22)13-14-4-6-15(19)7-5-14/h4-11,21H,2-3,12-13,19H2,1H3,(H,20,22). The zero-order chi connectivity index (χ0) is 18.3. The summed E-state index contributed by atoms with van der Waals surface area (Å²) in [5, 5.41) is 2.78. The molecule has 1 amide bonds. The average Bonchev–Trinajstić information content (AvgIpc) is 2.57. The molecule has 2 rings (SSSR count). The minimum absolute atomic E-state index is 0.101. The van der Waals surface area contributed by atoms with E-state index < -0.39 is 10.0 Å². The highest BCUT2D eigenvalue weighted by Gasteiger charge is 2.10. The van der Waals surface area contributed by atoms with E-state index in [1.807, 2.05) is 19.1 Å². The quantitative estimate of drug-likeness (QED) is 0.629. The fourth-order valence-electron chi connectivity index (χ4n) is 2.21. The van der Waals surface area contributed by atoms with Crippen LogP contribution < -0.4 is 15.8 Å². The predicted molar refractivity (Wildman–Crippen MR) is 102 cm³/mol. The van der Waals surface area contributed by atoms with Crippen molar-refractivity contribution in [2.75, 3.05) is 21.5 Å². The van der Waals surface area contributed by atoms with Crippen molar-refractivity contribution >= 4 is 33.0 Å². The van der Waals surface area contributed by atoms with Crippen LogP contribution in [0.1, 0.15) is 25.3 Å². The fourth-order valence-corrected chi connectivity index (χ4v) is 3.48. The second-order valence-electron chi connectivity index (χ2n) is 5.82. The molecule has 2 aromatic rings. The fraction of sp³-hybridized carbons (Fsp3) is 0.278. The number of carbonyl (C=O) groups is 1. The maximum Gasteiger partial charge on any atom is 0.232 e. The van der Waals surface area contributed by atoms with Crippen molar-refractivity contribution in [1.29, 1.82) is 0 Å². The summed E-state index contributed by atoms with van der Waals surface area (Å²) >= 11 is 0. The maximum absolute atomic E-state index is 12.0. The van der Waals surface area contributed by atoms with Gasteiger partial charge in [-0.1, -0.05) is 25.5 Å². The molecule has 6 nitrogen and oxygen atoms in total. The topological polar surface area (TPSA) is 101 Å². The average molecular weight is 361 g/mol. The first-order valence-electron chi connectivity index (χ1n) is 8.13. The van der Waals surface area contributed by atoms with Crippen LogP contribution in [0.5, 0.6) is 0 Å². The molecule has 0 saturated heterocycles. The number of anilines is 3. The van der Waals surface area contributed by atoms with Crippen LogP contribution in [0.25, 0.3) is 0 Å². The van der Waals surface area contributed by atoms with Gasteiger partial charge in [-0.05, 0) is 48.4 Å². The molecule has 0 atom stereocenters. The molecule has 134 valence electrons. The van der Waals surface area contributed by atoms with Crippen molar-refractivity contribution in [3.8, 4) is 0 Å². The van der Waals surface area contributed by atoms with E-state index in [1.165, 1.54) is 0 Å². The first kappa shape index (κ1) is 18.8. The Hall–Kier alpha value is -2.54. The lowest BCUT2D eigenvalue weighted by Gasteiger charge is -2.09. The van der Waals surface area contributed by atoms with Crippen LogP contribution in [0.3, 0.4) is 0 Å². The van der Waals surface area contributed by atoms with Crippen molar-refractivity contribution < 1.29 is 13.2 Å². The van der Waals surface area contributed by atoms with E-state index in [-0.39, 0.29) is 18.1 Å². The van der Waals surface area contributed by atoms with Crippen molar-refractivity contribution in [3.63, 3.8) is 0 Å². The van der Waals surface area contributed by atoms with Gasteiger partial charge in [0.2, 0.25) is 15.9 Å². The first-order chi connectivity index (χ1) is 11.9. The molecule has 0 fully saturated rings.